The number of fused-ring (bicyclic) bond motifs is 1. The lowest BCUT2D eigenvalue weighted by atomic mass is 10.1. The number of rotatable bonds is 6. The fraction of sp³-hybridized carbons (Fsp3) is 0.368. The lowest BCUT2D eigenvalue weighted by Crippen LogP contribution is -2.40. The quantitative estimate of drug-likeness (QED) is 0.731. The summed E-state index contributed by atoms with van der Waals surface area (Å²) in [5, 5.41) is 0.634. The molecule has 1 aromatic rings. The van der Waals surface area contributed by atoms with Gasteiger partial charge in [-0.2, -0.15) is 0 Å². The summed E-state index contributed by atoms with van der Waals surface area (Å²) in [5.41, 5.74) is 1.75. The van der Waals surface area contributed by atoms with Crippen LogP contribution in [0.1, 0.15) is 19.4 Å². The lowest BCUT2D eigenvalue weighted by Gasteiger charge is -2.22. The van der Waals surface area contributed by atoms with E-state index in [1.807, 2.05) is 32.1 Å². The minimum Gasteiger partial charge on any atom is -0.488 e. The van der Waals surface area contributed by atoms with Gasteiger partial charge in [0.25, 0.3) is 0 Å². The van der Waals surface area contributed by atoms with Crippen molar-refractivity contribution in [2.45, 2.75) is 13.8 Å². The molecule has 1 aliphatic heterocycles. The zero-order valence-corrected chi connectivity index (χ0v) is 15.5. The molecule has 0 aromatic heterocycles. The second-order valence-corrected chi connectivity index (χ2v) is 6.22. The SMILES string of the molecule is CCN(CC)C(=O)CN(C)C(=O)/C=C/C1=Cc2cc(Cl)ccc2OC1. The third kappa shape index (κ3) is 5.10. The van der Waals surface area contributed by atoms with Crippen LogP contribution in [0.2, 0.25) is 5.02 Å². The van der Waals surface area contributed by atoms with Gasteiger partial charge in [0, 0.05) is 36.8 Å². The average molecular weight is 363 g/mol. The first kappa shape index (κ1) is 19.1. The van der Waals surface area contributed by atoms with E-state index < -0.39 is 0 Å². The Bertz CT molecular complexity index is 709. The highest BCUT2D eigenvalue weighted by molar-refractivity contribution is 6.30. The Morgan fingerprint density at radius 3 is 2.68 bits per heavy atom. The highest BCUT2D eigenvalue weighted by Gasteiger charge is 2.15. The fourth-order valence-electron chi connectivity index (χ4n) is 2.52. The molecular weight excluding hydrogens is 340 g/mol. The molecule has 0 saturated carbocycles. The third-order valence-corrected chi connectivity index (χ3v) is 4.25. The molecule has 0 saturated heterocycles. The molecule has 0 atom stereocenters. The van der Waals surface area contributed by atoms with Gasteiger partial charge < -0.3 is 14.5 Å². The van der Waals surface area contributed by atoms with Crippen molar-refractivity contribution in [3.63, 3.8) is 0 Å². The third-order valence-electron chi connectivity index (χ3n) is 4.01. The minimum atomic E-state index is -0.224. The van der Waals surface area contributed by atoms with Gasteiger partial charge in [-0.25, -0.2) is 0 Å². The Labute approximate surface area is 153 Å². The molecule has 25 heavy (non-hydrogen) atoms. The van der Waals surface area contributed by atoms with Gasteiger partial charge in [0.2, 0.25) is 11.8 Å². The zero-order valence-electron chi connectivity index (χ0n) is 14.8. The number of amides is 2. The number of likely N-dealkylation sites (N-methyl/N-ethyl adjacent to an activating group) is 2. The molecule has 5 nitrogen and oxygen atoms in total. The average Bonchev–Trinajstić information content (AvgIpc) is 2.60. The van der Waals surface area contributed by atoms with E-state index in [1.165, 1.54) is 11.0 Å². The topological polar surface area (TPSA) is 49.9 Å². The monoisotopic (exact) mass is 362 g/mol. The van der Waals surface area contributed by atoms with Crippen LogP contribution >= 0.6 is 11.6 Å². The van der Waals surface area contributed by atoms with E-state index in [1.54, 1.807) is 24.1 Å². The predicted octanol–water partition coefficient (Wildman–Crippen LogP) is 3.00. The van der Waals surface area contributed by atoms with Gasteiger partial charge in [-0.05, 0) is 43.7 Å². The molecule has 0 N–H and O–H groups in total. The number of benzene rings is 1. The van der Waals surface area contributed by atoms with Crippen LogP contribution in [0.5, 0.6) is 5.75 Å². The first-order valence-electron chi connectivity index (χ1n) is 8.28. The zero-order chi connectivity index (χ0) is 18.4. The standard InChI is InChI=1S/C19H23ClN2O3/c1-4-22(5-2)19(24)12-21(3)18(23)9-6-14-10-15-11-16(20)7-8-17(15)25-13-14/h6-11H,4-5,12-13H2,1-3H3/b9-6+. The van der Waals surface area contributed by atoms with E-state index in [0.717, 1.165) is 16.9 Å². The van der Waals surface area contributed by atoms with Crippen molar-refractivity contribution in [3.05, 3.63) is 46.5 Å². The summed E-state index contributed by atoms with van der Waals surface area (Å²) >= 11 is 5.99. The Morgan fingerprint density at radius 1 is 1.28 bits per heavy atom. The predicted molar refractivity (Wildman–Crippen MR) is 99.6 cm³/mol. The number of carbonyl (C=O) groups is 2. The van der Waals surface area contributed by atoms with E-state index in [4.69, 9.17) is 16.3 Å². The normalized spacial score (nSPS) is 13.0. The molecule has 0 unspecified atom stereocenters. The van der Waals surface area contributed by atoms with Gasteiger partial charge in [-0.3, -0.25) is 9.59 Å². The summed E-state index contributed by atoms with van der Waals surface area (Å²) in [6, 6.07) is 5.42. The van der Waals surface area contributed by atoms with Crippen molar-refractivity contribution in [3.8, 4) is 5.75 Å². The van der Waals surface area contributed by atoms with Crippen LogP contribution in [0, 0.1) is 0 Å². The van der Waals surface area contributed by atoms with Gasteiger partial charge in [-0.15, -0.1) is 0 Å². The minimum absolute atomic E-state index is 0.0574. The van der Waals surface area contributed by atoms with Crippen LogP contribution in [-0.2, 0) is 9.59 Å². The van der Waals surface area contributed by atoms with E-state index in [0.29, 0.717) is 24.7 Å². The second-order valence-electron chi connectivity index (χ2n) is 5.78. The molecule has 6 heteroatoms. The maximum atomic E-state index is 12.2. The van der Waals surface area contributed by atoms with Gasteiger partial charge in [0.05, 0.1) is 6.54 Å². The number of halogens is 1. The van der Waals surface area contributed by atoms with Crippen LogP contribution in [0.25, 0.3) is 6.08 Å². The summed E-state index contributed by atoms with van der Waals surface area (Å²) in [6.07, 6.45) is 5.11. The van der Waals surface area contributed by atoms with Crippen LogP contribution in [0.4, 0.5) is 0 Å². The molecule has 0 aliphatic carbocycles. The van der Waals surface area contributed by atoms with Gasteiger partial charge in [0.1, 0.15) is 12.4 Å². The summed E-state index contributed by atoms with van der Waals surface area (Å²) in [7, 11) is 1.62. The maximum absolute atomic E-state index is 12.2. The molecule has 134 valence electrons. The molecule has 0 radical (unpaired) electrons. The molecule has 0 fully saturated rings. The van der Waals surface area contributed by atoms with E-state index in [9.17, 15) is 9.59 Å². The molecule has 0 spiro atoms. The Kier molecular flexibility index (Phi) is 6.65. The van der Waals surface area contributed by atoms with Crippen LogP contribution in [0.15, 0.2) is 35.9 Å². The molecule has 1 aromatic carbocycles. The molecule has 1 heterocycles. The van der Waals surface area contributed by atoms with Gasteiger partial charge in [0.15, 0.2) is 0 Å². The first-order valence-corrected chi connectivity index (χ1v) is 8.66. The van der Waals surface area contributed by atoms with Crippen LogP contribution in [0.3, 0.4) is 0 Å². The van der Waals surface area contributed by atoms with Gasteiger partial charge >= 0.3 is 0 Å². The highest BCUT2D eigenvalue weighted by Crippen LogP contribution is 2.29. The number of hydrogen-bond donors (Lipinski definition) is 0. The van der Waals surface area contributed by atoms with Crippen molar-refractivity contribution < 1.29 is 14.3 Å². The Balaban J connectivity index is 1.99. The molecular formula is C19H23ClN2O3. The van der Waals surface area contributed by atoms with Crippen molar-refractivity contribution in [2.75, 3.05) is 33.3 Å². The summed E-state index contributed by atoms with van der Waals surface area (Å²) < 4.78 is 5.65. The number of hydrogen-bond acceptors (Lipinski definition) is 3. The number of nitrogens with zero attached hydrogens (tertiary/aromatic N) is 2. The highest BCUT2D eigenvalue weighted by atomic mass is 35.5. The smallest absolute Gasteiger partial charge is 0.246 e. The first-order chi connectivity index (χ1) is 11.9. The second kappa shape index (κ2) is 8.72. The number of ether oxygens (including phenoxy) is 1. The summed E-state index contributed by atoms with van der Waals surface area (Å²) in [6.45, 7) is 5.57. The van der Waals surface area contributed by atoms with Crippen molar-refractivity contribution in [1.82, 2.24) is 9.80 Å². The number of carbonyl (C=O) groups excluding carboxylic acids is 2. The van der Waals surface area contributed by atoms with E-state index in [2.05, 4.69) is 0 Å². The van der Waals surface area contributed by atoms with Crippen molar-refractivity contribution in [1.29, 1.82) is 0 Å². The molecule has 2 rings (SSSR count). The van der Waals surface area contributed by atoms with E-state index >= 15 is 0 Å². The summed E-state index contributed by atoms with van der Waals surface area (Å²) in [5.74, 6) is 0.492. The molecule has 0 bridgehead atoms. The molecule has 1 aliphatic rings. The fourth-order valence-corrected chi connectivity index (χ4v) is 2.71. The lowest BCUT2D eigenvalue weighted by molar-refractivity contribution is -0.136. The largest absolute Gasteiger partial charge is 0.488 e. The molecule has 2 amide bonds. The van der Waals surface area contributed by atoms with Crippen molar-refractivity contribution in [2.24, 2.45) is 0 Å². The van der Waals surface area contributed by atoms with E-state index in [-0.39, 0.29) is 18.4 Å². The summed E-state index contributed by atoms with van der Waals surface area (Å²) in [4.78, 5) is 27.4. The maximum Gasteiger partial charge on any atom is 0.246 e. The van der Waals surface area contributed by atoms with Crippen molar-refractivity contribution >= 4 is 29.5 Å². The van der Waals surface area contributed by atoms with Crippen LogP contribution in [-0.4, -0.2) is 54.9 Å². The van der Waals surface area contributed by atoms with Crippen LogP contribution < -0.4 is 4.74 Å². The Morgan fingerprint density at radius 2 is 2.00 bits per heavy atom. The van der Waals surface area contributed by atoms with Gasteiger partial charge in [-0.1, -0.05) is 17.7 Å². The Hall–Kier alpha value is -2.27.